The molecule has 0 saturated heterocycles. The summed E-state index contributed by atoms with van der Waals surface area (Å²) in [6, 6.07) is 15.3. The molecule has 7 heteroatoms. The number of carbonyl (C=O) groups is 3. The lowest BCUT2D eigenvalue weighted by molar-refractivity contribution is 0.0922. The fourth-order valence-electron chi connectivity index (χ4n) is 2.68. The van der Waals surface area contributed by atoms with Crippen molar-refractivity contribution in [3.05, 3.63) is 83.9 Å². The van der Waals surface area contributed by atoms with Crippen molar-refractivity contribution in [2.45, 2.75) is 0 Å². The van der Waals surface area contributed by atoms with E-state index in [1.165, 1.54) is 12.4 Å². The summed E-state index contributed by atoms with van der Waals surface area (Å²) in [5, 5.41) is 2.77. The molecule has 3 amide bonds. The molecule has 7 nitrogen and oxygen atoms in total. The van der Waals surface area contributed by atoms with E-state index in [0.717, 1.165) is 4.90 Å². The average molecular weight is 344 g/mol. The van der Waals surface area contributed by atoms with Gasteiger partial charge in [-0.2, -0.15) is 0 Å². The highest BCUT2D eigenvalue weighted by atomic mass is 16.2. The van der Waals surface area contributed by atoms with Crippen LogP contribution < -0.4 is 10.2 Å². The maximum Gasteiger partial charge on any atom is 0.286 e. The number of para-hydroxylation sites is 1. The predicted octanol–water partition coefficient (Wildman–Crippen LogP) is 2.53. The summed E-state index contributed by atoms with van der Waals surface area (Å²) in [7, 11) is 0. The molecule has 3 aromatic rings. The van der Waals surface area contributed by atoms with Crippen LogP contribution in [-0.4, -0.2) is 27.7 Å². The van der Waals surface area contributed by atoms with Gasteiger partial charge < -0.3 is 5.32 Å². The molecular weight excluding hydrogens is 332 g/mol. The monoisotopic (exact) mass is 344 g/mol. The van der Waals surface area contributed by atoms with Crippen molar-refractivity contribution in [3.63, 3.8) is 0 Å². The van der Waals surface area contributed by atoms with Crippen LogP contribution in [0.15, 0.2) is 67.0 Å². The Morgan fingerprint density at radius 2 is 1.38 bits per heavy atom. The number of hydrogen-bond donors (Lipinski definition) is 1. The van der Waals surface area contributed by atoms with Crippen LogP contribution in [0.5, 0.6) is 0 Å². The third-order valence-electron chi connectivity index (χ3n) is 3.93. The van der Waals surface area contributed by atoms with Gasteiger partial charge >= 0.3 is 0 Å². The Morgan fingerprint density at radius 3 is 1.96 bits per heavy atom. The van der Waals surface area contributed by atoms with Crippen LogP contribution in [0, 0.1) is 0 Å². The molecule has 0 fully saturated rings. The SMILES string of the molecule is O=C(Nc1ccccc1)c1ccc(N2C(=O)c3nccnc3C2=O)cc1. The minimum Gasteiger partial charge on any atom is -0.322 e. The molecule has 1 aliphatic heterocycles. The van der Waals surface area contributed by atoms with Crippen LogP contribution in [0.4, 0.5) is 11.4 Å². The molecule has 0 radical (unpaired) electrons. The largest absolute Gasteiger partial charge is 0.322 e. The van der Waals surface area contributed by atoms with Gasteiger partial charge in [-0.15, -0.1) is 0 Å². The quantitative estimate of drug-likeness (QED) is 0.737. The van der Waals surface area contributed by atoms with Gasteiger partial charge in [-0.05, 0) is 36.4 Å². The van der Waals surface area contributed by atoms with Crippen molar-refractivity contribution in [1.29, 1.82) is 0 Å². The number of hydrogen-bond acceptors (Lipinski definition) is 5. The topological polar surface area (TPSA) is 92.3 Å². The first-order valence-corrected chi connectivity index (χ1v) is 7.81. The van der Waals surface area contributed by atoms with Gasteiger partial charge in [0.2, 0.25) is 0 Å². The average Bonchev–Trinajstić information content (AvgIpc) is 2.94. The van der Waals surface area contributed by atoms with Gasteiger partial charge in [0.05, 0.1) is 5.69 Å². The second kappa shape index (κ2) is 6.21. The second-order valence-electron chi connectivity index (χ2n) is 5.57. The zero-order valence-corrected chi connectivity index (χ0v) is 13.4. The van der Waals surface area contributed by atoms with Crippen molar-refractivity contribution in [3.8, 4) is 0 Å². The summed E-state index contributed by atoms with van der Waals surface area (Å²) in [6.45, 7) is 0. The number of imide groups is 1. The van der Waals surface area contributed by atoms with Crippen LogP contribution >= 0.6 is 0 Å². The van der Waals surface area contributed by atoms with Crippen molar-refractivity contribution in [1.82, 2.24) is 9.97 Å². The lowest BCUT2D eigenvalue weighted by Gasteiger charge is -2.13. The number of fused-ring (bicyclic) bond motifs is 1. The number of anilines is 2. The zero-order valence-electron chi connectivity index (χ0n) is 13.4. The minimum atomic E-state index is -0.528. The van der Waals surface area contributed by atoms with Crippen LogP contribution in [0.3, 0.4) is 0 Å². The first-order valence-electron chi connectivity index (χ1n) is 7.81. The summed E-state index contributed by atoms with van der Waals surface area (Å²) in [4.78, 5) is 45.9. The van der Waals surface area contributed by atoms with Crippen molar-refractivity contribution in [2.75, 3.05) is 10.2 Å². The smallest absolute Gasteiger partial charge is 0.286 e. The Balaban J connectivity index is 1.56. The number of nitrogens with zero attached hydrogens (tertiary/aromatic N) is 3. The van der Waals surface area contributed by atoms with Crippen LogP contribution in [0.2, 0.25) is 0 Å². The Labute approximate surface area is 148 Å². The number of rotatable bonds is 3. The lowest BCUT2D eigenvalue weighted by atomic mass is 10.1. The second-order valence-corrected chi connectivity index (χ2v) is 5.57. The van der Waals surface area contributed by atoms with E-state index in [4.69, 9.17) is 0 Å². The molecule has 0 bridgehead atoms. The van der Waals surface area contributed by atoms with E-state index >= 15 is 0 Å². The third kappa shape index (κ3) is 2.61. The Hall–Kier alpha value is -3.87. The molecule has 4 rings (SSSR count). The van der Waals surface area contributed by atoms with Gasteiger partial charge in [0.1, 0.15) is 0 Å². The number of carbonyl (C=O) groups excluding carboxylic acids is 3. The maximum absolute atomic E-state index is 12.4. The highest BCUT2D eigenvalue weighted by molar-refractivity contribution is 6.33. The van der Waals surface area contributed by atoms with Crippen LogP contribution in [0.1, 0.15) is 31.3 Å². The fraction of sp³-hybridized carbons (Fsp3) is 0. The predicted molar refractivity (Wildman–Crippen MR) is 94.0 cm³/mol. The van der Waals surface area contributed by atoms with E-state index in [0.29, 0.717) is 16.9 Å². The number of benzene rings is 2. The molecule has 2 heterocycles. The summed E-state index contributed by atoms with van der Waals surface area (Å²) < 4.78 is 0. The highest BCUT2D eigenvalue weighted by Crippen LogP contribution is 2.26. The number of aromatic nitrogens is 2. The van der Waals surface area contributed by atoms with Crippen molar-refractivity contribution >= 4 is 29.1 Å². The van der Waals surface area contributed by atoms with Gasteiger partial charge in [0, 0.05) is 23.6 Å². The molecular formula is C19H12N4O3. The summed E-state index contributed by atoms with van der Waals surface area (Å²) in [5.74, 6) is -1.34. The number of nitrogens with one attached hydrogen (secondary N) is 1. The standard InChI is InChI=1S/C19H12N4O3/c24-17(22-13-4-2-1-3-5-13)12-6-8-14(9-7-12)23-18(25)15-16(19(23)26)21-11-10-20-15/h1-11H,(H,22,24). The molecule has 0 spiro atoms. The first kappa shape index (κ1) is 15.6. The molecule has 0 saturated carbocycles. The molecule has 0 atom stereocenters. The first-order chi connectivity index (χ1) is 12.6. The Morgan fingerprint density at radius 1 is 0.808 bits per heavy atom. The third-order valence-corrected chi connectivity index (χ3v) is 3.93. The van der Waals surface area contributed by atoms with Crippen molar-refractivity contribution in [2.24, 2.45) is 0 Å². The normalized spacial score (nSPS) is 12.8. The lowest BCUT2D eigenvalue weighted by Crippen LogP contribution is -2.29. The van der Waals surface area contributed by atoms with Crippen molar-refractivity contribution < 1.29 is 14.4 Å². The van der Waals surface area contributed by atoms with E-state index < -0.39 is 11.8 Å². The molecule has 0 aliphatic carbocycles. The van der Waals surface area contributed by atoms with E-state index in [1.807, 2.05) is 18.2 Å². The van der Waals surface area contributed by atoms with Gasteiger partial charge in [0.25, 0.3) is 17.7 Å². The molecule has 2 aromatic carbocycles. The zero-order chi connectivity index (χ0) is 18.1. The Kier molecular flexibility index (Phi) is 3.74. The minimum absolute atomic E-state index is 0.0309. The number of amides is 3. The summed E-state index contributed by atoms with van der Waals surface area (Å²) >= 11 is 0. The summed E-state index contributed by atoms with van der Waals surface area (Å²) in [5.41, 5.74) is 1.51. The van der Waals surface area contributed by atoms with Gasteiger partial charge in [0.15, 0.2) is 11.4 Å². The summed E-state index contributed by atoms with van der Waals surface area (Å²) in [6.07, 6.45) is 2.73. The van der Waals surface area contributed by atoms with E-state index in [9.17, 15) is 14.4 Å². The Bertz CT molecular complexity index is 981. The highest BCUT2D eigenvalue weighted by Gasteiger charge is 2.39. The maximum atomic E-state index is 12.4. The van der Waals surface area contributed by atoms with E-state index in [2.05, 4.69) is 15.3 Å². The van der Waals surface area contributed by atoms with Gasteiger partial charge in [-0.1, -0.05) is 18.2 Å². The fourth-order valence-corrected chi connectivity index (χ4v) is 2.68. The molecule has 126 valence electrons. The van der Waals surface area contributed by atoms with Crippen LogP contribution in [-0.2, 0) is 0 Å². The molecule has 1 N–H and O–H groups in total. The molecule has 0 unspecified atom stereocenters. The van der Waals surface area contributed by atoms with Gasteiger partial charge in [-0.25, -0.2) is 14.9 Å². The van der Waals surface area contributed by atoms with Gasteiger partial charge in [-0.3, -0.25) is 14.4 Å². The molecule has 1 aromatic heterocycles. The van der Waals surface area contributed by atoms with E-state index in [-0.39, 0.29) is 17.3 Å². The van der Waals surface area contributed by atoms with E-state index in [1.54, 1.807) is 36.4 Å². The molecule has 26 heavy (non-hydrogen) atoms. The molecule has 1 aliphatic rings. The van der Waals surface area contributed by atoms with Crippen LogP contribution in [0.25, 0.3) is 0 Å².